The number of anilines is 3. The second-order valence-electron chi connectivity index (χ2n) is 7.41. The minimum Gasteiger partial charge on any atom is -0.352 e. The van der Waals surface area contributed by atoms with E-state index in [0.29, 0.717) is 24.7 Å². The fourth-order valence-corrected chi connectivity index (χ4v) is 5.01. The van der Waals surface area contributed by atoms with Gasteiger partial charge in [0.05, 0.1) is 10.5 Å². The van der Waals surface area contributed by atoms with Crippen LogP contribution in [-0.4, -0.2) is 74.7 Å². The summed E-state index contributed by atoms with van der Waals surface area (Å²) in [5.41, 5.74) is 0.809. The van der Waals surface area contributed by atoms with Crippen LogP contribution in [0.3, 0.4) is 0 Å². The van der Waals surface area contributed by atoms with Crippen molar-refractivity contribution >= 4 is 27.3 Å². The molecule has 14 heteroatoms. The van der Waals surface area contributed by atoms with Gasteiger partial charge < -0.3 is 10.2 Å². The molecule has 1 saturated heterocycles. The van der Waals surface area contributed by atoms with Crippen molar-refractivity contribution in [2.45, 2.75) is 4.90 Å². The standard InChI is InChI=1S/C20H19FN10O2S/c21-17-2-1-15(13-16(17)20-26-28-29-27-20)34(32,33)31-11-9-30(10-12-31)19-4-3-18(24-25-19)23-14-5-7-22-8-6-14/h1-8,13H,9-12H2,(H,22,23,24)(H,26,27,28,29). The van der Waals surface area contributed by atoms with Crippen molar-refractivity contribution in [1.82, 2.24) is 40.1 Å². The zero-order valence-corrected chi connectivity index (χ0v) is 18.5. The average molecular weight is 483 g/mol. The number of nitrogens with one attached hydrogen (secondary N) is 2. The van der Waals surface area contributed by atoms with E-state index in [1.54, 1.807) is 12.4 Å². The van der Waals surface area contributed by atoms with Gasteiger partial charge in [-0.25, -0.2) is 12.8 Å². The van der Waals surface area contributed by atoms with Crippen LogP contribution in [0.2, 0.25) is 0 Å². The highest BCUT2D eigenvalue weighted by Crippen LogP contribution is 2.26. The lowest BCUT2D eigenvalue weighted by molar-refractivity contribution is 0.383. The summed E-state index contributed by atoms with van der Waals surface area (Å²) in [7, 11) is -3.84. The molecule has 4 heterocycles. The van der Waals surface area contributed by atoms with Crippen LogP contribution in [0.1, 0.15) is 0 Å². The van der Waals surface area contributed by atoms with Gasteiger partial charge in [0, 0.05) is 44.3 Å². The van der Waals surface area contributed by atoms with Crippen molar-refractivity contribution in [3.8, 4) is 11.4 Å². The highest BCUT2D eigenvalue weighted by Gasteiger charge is 2.30. The first-order valence-electron chi connectivity index (χ1n) is 10.3. The summed E-state index contributed by atoms with van der Waals surface area (Å²) >= 11 is 0. The SMILES string of the molecule is O=S(=O)(c1ccc(F)c(-c2nn[nH]n2)c1)N1CCN(c2ccc(Nc3ccncc3)nn2)CC1. The summed E-state index contributed by atoms with van der Waals surface area (Å²) in [6.07, 6.45) is 3.35. The number of aromatic amines is 1. The van der Waals surface area contributed by atoms with E-state index < -0.39 is 15.8 Å². The summed E-state index contributed by atoms with van der Waals surface area (Å²) in [6, 6.07) is 10.8. The first-order valence-corrected chi connectivity index (χ1v) is 11.7. The van der Waals surface area contributed by atoms with Crippen LogP contribution in [0.15, 0.2) is 59.8 Å². The Morgan fingerprint density at radius 1 is 0.941 bits per heavy atom. The van der Waals surface area contributed by atoms with E-state index in [4.69, 9.17) is 0 Å². The molecule has 1 aliphatic heterocycles. The first-order chi connectivity index (χ1) is 16.5. The third kappa shape index (κ3) is 4.40. The number of H-pyrrole nitrogens is 1. The number of halogens is 1. The predicted octanol–water partition coefficient (Wildman–Crippen LogP) is 1.45. The molecule has 5 rings (SSSR count). The van der Waals surface area contributed by atoms with E-state index in [9.17, 15) is 12.8 Å². The van der Waals surface area contributed by atoms with Crippen molar-refractivity contribution in [3.05, 3.63) is 60.7 Å². The first kappa shape index (κ1) is 21.8. The van der Waals surface area contributed by atoms with Gasteiger partial charge in [0.15, 0.2) is 11.6 Å². The molecule has 0 amide bonds. The van der Waals surface area contributed by atoms with Crippen molar-refractivity contribution in [3.63, 3.8) is 0 Å². The van der Waals surface area contributed by atoms with E-state index >= 15 is 0 Å². The van der Waals surface area contributed by atoms with Gasteiger partial charge in [0.1, 0.15) is 5.82 Å². The molecule has 0 aliphatic carbocycles. The van der Waals surface area contributed by atoms with Gasteiger partial charge in [-0.1, -0.05) is 0 Å². The third-order valence-electron chi connectivity index (χ3n) is 5.33. The highest BCUT2D eigenvalue weighted by atomic mass is 32.2. The normalized spacial score (nSPS) is 14.8. The van der Waals surface area contributed by atoms with Crippen LogP contribution in [-0.2, 0) is 10.0 Å². The molecule has 4 aromatic rings. The van der Waals surface area contributed by atoms with Crippen LogP contribution in [0, 0.1) is 5.82 Å². The van der Waals surface area contributed by atoms with Crippen LogP contribution in [0.4, 0.5) is 21.7 Å². The topological polar surface area (TPSA) is 146 Å². The quantitative estimate of drug-likeness (QED) is 0.414. The maximum absolute atomic E-state index is 14.2. The Morgan fingerprint density at radius 2 is 1.74 bits per heavy atom. The Labute approximate surface area is 193 Å². The summed E-state index contributed by atoms with van der Waals surface area (Å²) in [5, 5.41) is 24.7. The van der Waals surface area contributed by atoms with E-state index in [0.717, 1.165) is 11.8 Å². The number of tetrazole rings is 1. The Kier molecular flexibility index (Phi) is 5.81. The Bertz CT molecular complexity index is 1360. The maximum Gasteiger partial charge on any atom is 0.243 e. The van der Waals surface area contributed by atoms with Crippen LogP contribution in [0.25, 0.3) is 11.4 Å². The van der Waals surface area contributed by atoms with Crippen LogP contribution >= 0.6 is 0 Å². The van der Waals surface area contributed by atoms with Gasteiger partial charge in [-0.2, -0.15) is 9.52 Å². The zero-order chi connectivity index (χ0) is 23.5. The van der Waals surface area contributed by atoms with Gasteiger partial charge in [0.2, 0.25) is 15.8 Å². The summed E-state index contributed by atoms with van der Waals surface area (Å²) in [6.45, 7) is 1.36. The van der Waals surface area contributed by atoms with Crippen molar-refractivity contribution in [2.75, 3.05) is 36.4 Å². The molecule has 1 aromatic carbocycles. The van der Waals surface area contributed by atoms with Crippen molar-refractivity contribution < 1.29 is 12.8 Å². The number of hydrogen-bond acceptors (Lipinski definition) is 10. The number of nitrogens with zero attached hydrogens (tertiary/aromatic N) is 8. The molecule has 2 N–H and O–H groups in total. The second kappa shape index (κ2) is 9.07. The molecule has 34 heavy (non-hydrogen) atoms. The molecule has 0 atom stereocenters. The molecule has 0 spiro atoms. The molecule has 3 aromatic heterocycles. The lowest BCUT2D eigenvalue weighted by atomic mass is 10.2. The Balaban J connectivity index is 1.25. The molecular formula is C20H19FN10O2S. The van der Waals surface area contributed by atoms with Crippen LogP contribution < -0.4 is 10.2 Å². The van der Waals surface area contributed by atoms with Crippen molar-refractivity contribution in [2.24, 2.45) is 0 Å². The molecule has 0 radical (unpaired) electrons. The molecule has 12 nitrogen and oxygen atoms in total. The molecule has 0 bridgehead atoms. The second-order valence-corrected chi connectivity index (χ2v) is 9.34. The number of sulfonamides is 1. The van der Waals surface area contributed by atoms with Gasteiger partial charge in [-0.05, 0) is 47.7 Å². The minimum absolute atomic E-state index is 0.0141. The van der Waals surface area contributed by atoms with Gasteiger partial charge in [-0.3, -0.25) is 4.98 Å². The summed E-state index contributed by atoms with van der Waals surface area (Å²) < 4.78 is 41.9. The lowest BCUT2D eigenvalue weighted by Gasteiger charge is -2.34. The molecule has 0 unspecified atom stereocenters. The summed E-state index contributed by atoms with van der Waals surface area (Å²) in [4.78, 5) is 5.90. The van der Waals surface area contributed by atoms with Crippen molar-refractivity contribution in [1.29, 1.82) is 0 Å². The van der Waals surface area contributed by atoms with Gasteiger partial charge in [0.25, 0.3) is 0 Å². The summed E-state index contributed by atoms with van der Waals surface area (Å²) in [5.74, 6) is 0.591. The van der Waals surface area contributed by atoms with E-state index in [1.807, 2.05) is 29.2 Å². The number of piperazine rings is 1. The lowest BCUT2D eigenvalue weighted by Crippen LogP contribution is -2.49. The predicted molar refractivity (Wildman–Crippen MR) is 120 cm³/mol. The average Bonchev–Trinajstić information content (AvgIpc) is 3.40. The largest absolute Gasteiger partial charge is 0.352 e. The molecule has 1 aliphatic rings. The molecular weight excluding hydrogens is 463 g/mol. The van der Waals surface area contributed by atoms with Gasteiger partial charge >= 0.3 is 0 Å². The fraction of sp³-hybridized carbons (Fsp3) is 0.200. The van der Waals surface area contributed by atoms with Gasteiger partial charge in [-0.15, -0.1) is 20.4 Å². The number of rotatable bonds is 6. The molecule has 1 fully saturated rings. The number of hydrogen-bond donors (Lipinski definition) is 2. The Morgan fingerprint density at radius 3 is 2.41 bits per heavy atom. The Hall–Kier alpha value is -4.04. The smallest absolute Gasteiger partial charge is 0.243 e. The van der Waals surface area contributed by atoms with E-state index in [-0.39, 0.29) is 29.4 Å². The van der Waals surface area contributed by atoms with E-state index in [2.05, 4.69) is 41.1 Å². The number of pyridine rings is 1. The number of benzene rings is 1. The molecule has 174 valence electrons. The minimum atomic E-state index is -3.84. The number of aromatic nitrogens is 7. The molecule has 0 saturated carbocycles. The monoisotopic (exact) mass is 482 g/mol. The zero-order valence-electron chi connectivity index (χ0n) is 17.7. The van der Waals surface area contributed by atoms with Crippen LogP contribution in [0.5, 0.6) is 0 Å². The highest BCUT2D eigenvalue weighted by molar-refractivity contribution is 7.89. The maximum atomic E-state index is 14.2. The third-order valence-corrected chi connectivity index (χ3v) is 7.22. The fourth-order valence-electron chi connectivity index (χ4n) is 3.56. The van der Waals surface area contributed by atoms with E-state index in [1.165, 1.54) is 16.4 Å².